The van der Waals surface area contributed by atoms with E-state index in [1.807, 2.05) is 12.1 Å². The summed E-state index contributed by atoms with van der Waals surface area (Å²) in [6.45, 7) is 1.69. The van der Waals surface area contributed by atoms with E-state index in [9.17, 15) is 27.9 Å². The third kappa shape index (κ3) is 6.40. The number of rotatable bonds is 6. The molecule has 34 heavy (non-hydrogen) atoms. The summed E-state index contributed by atoms with van der Waals surface area (Å²) in [6.07, 6.45) is -5.42. The Bertz CT molecular complexity index is 1150. The van der Waals surface area contributed by atoms with Crippen molar-refractivity contribution in [3.8, 4) is 5.75 Å². The van der Waals surface area contributed by atoms with Gasteiger partial charge in [0, 0.05) is 23.3 Å². The van der Waals surface area contributed by atoms with Crippen molar-refractivity contribution < 1.29 is 42.5 Å². The summed E-state index contributed by atoms with van der Waals surface area (Å²) in [4.78, 5) is 39.4. The van der Waals surface area contributed by atoms with Crippen molar-refractivity contribution in [1.29, 1.82) is 0 Å². The lowest BCUT2D eigenvalue weighted by molar-refractivity contribution is -0.192. The highest BCUT2D eigenvalue weighted by Crippen LogP contribution is 2.29. The van der Waals surface area contributed by atoms with Crippen molar-refractivity contribution >= 4 is 40.4 Å². The van der Waals surface area contributed by atoms with Crippen LogP contribution in [0.2, 0.25) is 0 Å². The number of fused-ring (bicyclic) bond motifs is 1. The highest BCUT2D eigenvalue weighted by molar-refractivity contribution is 7.16. The number of thiophene rings is 1. The molecule has 1 aliphatic rings. The van der Waals surface area contributed by atoms with Crippen LogP contribution in [-0.2, 0) is 22.6 Å². The van der Waals surface area contributed by atoms with E-state index in [1.165, 1.54) is 16.2 Å². The van der Waals surface area contributed by atoms with E-state index in [1.54, 1.807) is 29.6 Å². The molecule has 0 bridgehead atoms. The number of halogens is 3. The van der Waals surface area contributed by atoms with Crippen LogP contribution in [0.15, 0.2) is 41.8 Å². The molecule has 13 heteroatoms. The number of ketones is 1. The van der Waals surface area contributed by atoms with Gasteiger partial charge in [-0.15, -0.1) is 22.7 Å². The van der Waals surface area contributed by atoms with Crippen LogP contribution in [0.1, 0.15) is 36.9 Å². The number of carboxylic acids is 2. The maximum Gasteiger partial charge on any atom is 0.490 e. The van der Waals surface area contributed by atoms with Gasteiger partial charge in [0.2, 0.25) is 11.9 Å². The number of carboxylic acid groups (broad SMARTS) is 2. The number of carbonyl (C=O) groups is 3. The minimum Gasteiger partial charge on any atom is -0.478 e. The van der Waals surface area contributed by atoms with Gasteiger partial charge in [-0.2, -0.15) is 13.2 Å². The second-order valence-corrected chi connectivity index (χ2v) is 8.84. The molecule has 8 nitrogen and oxygen atoms in total. The van der Waals surface area contributed by atoms with Crippen LogP contribution in [0.3, 0.4) is 0 Å². The number of hydrogen-bond donors (Lipinski definition) is 3. The van der Waals surface area contributed by atoms with Crippen molar-refractivity contribution in [3.63, 3.8) is 0 Å². The quantitative estimate of drug-likeness (QED) is 0.423. The van der Waals surface area contributed by atoms with Gasteiger partial charge >= 0.3 is 18.1 Å². The molecule has 1 aliphatic heterocycles. The van der Waals surface area contributed by atoms with Crippen LogP contribution in [0.4, 0.5) is 13.2 Å². The van der Waals surface area contributed by atoms with Gasteiger partial charge in [0.05, 0.1) is 4.88 Å². The molecule has 0 saturated carbocycles. The summed E-state index contributed by atoms with van der Waals surface area (Å²) >= 11 is 2.64. The maximum absolute atomic E-state index is 12.8. The fraction of sp³-hybridized carbons (Fsp3) is 0.238. The molecule has 0 spiro atoms. The summed E-state index contributed by atoms with van der Waals surface area (Å²) in [7, 11) is 0. The van der Waals surface area contributed by atoms with Crippen molar-refractivity contribution in [2.75, 3.05) is 6.54 Å². The molecule has 0 radical (unpaired) electrons. The van der Waals surface area contributed by atoms with Gasteiger partial charge in [0.15, 0.2) is 5.01 Å². The van der Waals surface area contributed by atoms with Crippen molar-refractivity contribution in [2.24, 2.45) is 0 Å². The third-order valence-corrected chi connectivity index (χ3v) is 6.51. The highest BCUT2D eigenvalue weighted by atomic mass is 32.1. The van der Waals surface area contributed by atoms with Gasteiger partial charge in [-0.05, 0) is 30.2 Å². The van der Waals surface area contributed by atoms with E-state index in [-0.39, 0.29) is 16.5 Å². The van der Waals surface area contributed by atoms with E-state index in [0.717, 1.165) is 36.4 Å². The number of nitrogens with zero attached hydrogens (tertiary/aromatic N) is 1. The molecule has 4 rings (SSSR count). The summed E-state index contributed by atoms with van der Waals surface area (Å²) in [5.74, 6) is -3.65. The summed E-state index contributed by atoms with van der Waals surface area (Å²) in [5.41, 5.74) is 1.38. The topological polar surface area (TPSA) is 126 Å². The first-order chi connectivity index (χ1) is 16.1. The Labute approximate surface area is 198 Å². The zero-order valence-corrected chi connectivity index (χ0v) is 18.8. The molecule has 3 aromatic rings. The maximum atomic E-state index is 12.8. The zero-order chi connectivity index (χ0) is 24.9. The minimum absolute atomic E-state index is 0.172. The summed E-state index contributed by atoms with van der Waals surface area (Å²) in [5, 5.41) is 21.8. The number of carbonyl (C=O) groups excluding carboxylic acids is 1. The Morgan fingerprint density at radius 2 is 1.82 bits per heavy atom. The third-order valence-electron chi connectivity index (χ3n) is 4.41. The Morgan fingerprint density at radius 1 is 1.15 bits per heavy atom. The fourth-order valence-electron chi connectivity index (χ4n) is 2.85. The molecule has 2 aromatic heterocycles. The lowest BCUT2D eigenvalue weighted by Crippen LogP contribution is -2.21. The van der Waals surface area contributed by atoms with Gasteiger partial charge < -0.3 is 20.3 Å². The molecule has 180 valence electrons. The predicted octanol–water partition coefficient (Wildman–Crippen LogP) is 3.92. The van der Waals surface area contributed by atoms with Crippen LogP contribution in [0.5, 0.6) is 5.75 Å². The normalized spacial score (nSPS) is 13.7. The van der Waals surface area contributed by atoms with Gasteiger partial charge in [-0.3, -0.25) is 4.79 Å². The second-order valence-electron chi connectivity index (χ2n) is 6.84. The van der Waals surface area contributed by atoms with E-state index in [0.29, 0.717) is 10.6 Å². The van der Waals surface area contributed by atoms with Crippen LogP contribution in [0.25, 0.3) is 0 Å². The SMILES string of the molecule is O=C(O)C(F)(F)F.O=C(c1cc2c(s1)CCNC2)c1nc(C(Oc2ccccc2)C(=O)O)cs1. The fourth-order valence-corrected chi connectivity index (χ4v) is 4.82. The molecule has 0 saturated heterocycles. The lowest BCUT2D eigenvalue weighted by atomic mass is 10.1. The largest absolute Gasteiger partial charge is 0.490 e. The smallest absolute Gasteiger partial charge is 0.478 e. The molecule has 0 amide bonds. The van der Waals surface area contributed by atoms with Crippen LogP contribution < -0.4 is 10.1 Å². The average Bonchev–Trinajstić information content (AvgIpc) is 3.45. The lowest BCUT2D eigenvalue weighted by Gasteiger charge is -2.12. The van der Waals surface area contributed by atoms with Crippen molar-refractivity contribution in [1.82, 2.24) is 10.3 Å². The van der Waals surface area contributed by atoms with Gasteiger partial charge in [0.1, 0.15) is 11.4 Å². The molecule has 1 unspecified atom stereocenters. The summed E-state index contributed by atoms with van der Waals surface area (Å²) < 4.78 is 37.3. The number of thiazole rings is 1. The Kier molecular flexibility index (Phi) is 8.02. The molecule has 0 aliphatic carbocycles. The molecular weight excluding hydrogens is 497 g/mol. The van der Waals surface area contributed by atoms with Crippen LogP contribution >= 0.6 is 22.7 Å². The second kappa shape index (κ2) is 10.8. The Morgan fingerprint density at radius 3 is 2.41 bits per heavy atom. The van der Waals surface area contributed by atoms with Crippen molar-refractivity contribution in [3.05, 3.63) is 67.8 Å². The molecule has 3 heterocycles. The molecule has 0 fully saturated rings. The molecule has 3 N–H and O–H groups in total. The number of para-hydroxylation sites is 1. The standard InChI is InChI=1S/C19H16N2O4S2.C2HF3O2/c22-16(15-8-11-9-20-7-6-14(11)27-15)18-21-13(10-26-18)17(19(23)24)25-12-4-2-1-3-5-12;3-2(4,5)1(6)7/h1-5,8,10,17,20H,6-7,9H2,(H,23,24);(H,6,7). The van der Waals surface area contributed by atoms with Gasteiger partial charge in [-0.25, -0.2) is 14.6 Å². The number of aromatic nitrogens is 1. The van der Waals surface area contributed by atoms with E-state index >= 15 is 0 Å². The monoisotopic (exact) mass is 514 g/mol. The molecule has 1 atom stereocenters. The summed E-state index contributed by atoms with van der Waals surface area (Å²) in [6, 6.07) is 10.6. The Hall–Kier alpha value is -3.29. The first kappa shape index (κ1) is 25.3. The first-order valence-electron chi connectivity index (χ1n) is 9.63. The number of hydrogen-bond acceptors (Lipinski definition) is 8. The minimum atomic E-state index is -5.08. The number of alkyl halides is 3. The molecule has 1 aromatic carbocycles. The number of benzene rings is 1. The predicted molar refractivity (Wildman–Crippen MR) is 116 cm³/mol. The number of nitrogens with one attached hydrogen (secondary N) is 1. The zero-order valence-electron chi connectivity index (χ0n) is 17.2. The van der Waals surface area contributed by atoms with E-state index in [2.05, 4.69) is 10.3 Å². The molecular formula is C21H17F3N2O6S2. The highest BCUT2D eigenvalue weighted by Gasteiger charge is 2.38. The number of ether oxygens (including phenoxy) is 1. The first-order valence-corrected chi connectivity index (χ1v) is 11.3. The van der Waals surface area contributed by atoms with Gasteiger partial charge in [0.25, 0.3) is 0 Å². The van der Waals surface area contributed by atoms with E-state index in [4.69, 9.17) is 14.6 Å². The Balaban J connectivity index is 0.000000406. The van der Waals surface area contributed by atoms with Crippen molar-refractivity contribution in [2.45, 2.75) is 25.2 Å². The van der Waals surface area contributed by atoms with Gasteiger partial charge in [-0.1, -0.05) is 18.2 Å². The van der Waals surface area contributed by atoms with E-state index < -0.39 is 24.2 Å². The van der Waals surface area contributed by atoms with Crippen LogP contribution in [0, 0.1) is 0 Å². The average molecular weight is 515 g/mol. The number of aliphatic carboxylic acids is 2. The van der Waals surface area contributed by atoms with Crippen LogP contribution in [-0.4, -0.2) is 45.6 Å².